The summed E-state index contributed by atoms with van der Waals surface area (Å²) in [5.74, 6) is 0. The van der Waals surface area contributed by atoms with E-state index in [1.807, 2.05) is 6.92 Å². The molecule has 0 spiro atoms. The molecule has 0 aliphatic rings. The average Bonchev–Trinajstić information content (AvgIpc) is 2.20. The predicted octanol–water partition coefficient (Wildman–Crippen LogP) is 4.66. The highest BCUT2D eigenvalue weighted by molar-refractivity contribution is 9.09. The first-order valence-corrected chi connectivity index (χ1v) is 7.63. The van der Waals surface area contributed by atoms with Crippen molar-refractivity contribution >= 4 is 15.9 Å². The van der Waals surface area contributed by atoms with Crippen LogP contribution in [0.4, 0.5) is 0 Å². The number of aliphatic hydroxyl groups is 1. The van der Waals surface area contributed by atoms with Gasteiger partial charge in [-0.15, -0.1) is 0 Å². The number of unbranched alkanes of at least 4 members (excludes halogenated alkanes) is 8. The lowest BCUT2D eigenvalue weighted by atomic mass is 10.1. The standard InChI is InChI=1S/C13H27BrO/c1-13(15)11-9-7-5-3-2-4-6-8-10-12-14/h13,15H,2-12H2,1H3. The Morgan fingerprint density at radius 3 is 1.60 bits per heavy atom. The van der Waals surface area contributed by atoms with Crippen molar-refractivity contribution in [2.75, 3.05) is 5.33 Å². The van der Waals surface area contributed by atoms with Crippen LogP contribution in [0.15, 0.2) is 0 Å². The van der Waals surface area contributed by atoms with Crippen LogP contribution in [0.25, 0.3) is 0 Å². The Labute approximate surface area is 104 Å². The summed E-state index contributed by atoms with van der Waals surface area (Å²) in [5, 5.41) is 10.2. The highest BCUT2D eigenvalue weighted by Crippen LogP contribution is 2.11. The Kier molecular flexibility index (Phi) is 12.9. The average molecular weight is 279 g/mol. The molecule has 0 heterocycles. The summed E-state index contributed by atoms with van der Waals surface area (Å²) < 4.78 is 0. The van der Waals surface area contributed by atoms with Crippen molar-refractivity contribution in [1.82, 2.24) is 0 Å². The van der Waals surface area contributed by atoms with E-state index in [1.54, 1.807) is 0 Å². The monoisotopic (exact) mass is 278 g/mol. The summed E-state index contributed by atoms with van der Waals surface area (Å²) in [6.45, 7) is 1.88. The Hall–Kier alpha value is 0.440. The van der Waals surface area contributed by atoms with E-state index in [4.69, 9.17) is 5.11 Å². The maximum atomic E-state index is 9.07. The molecule has 0 radical (unpaired) electrons. The predicted molar refractivity (Wildman–Crippen MR) is 71.6 cm³/mol. The smallest absolute Gasteiger partial charge is 0.0512 e. The molecular formula is C13H27BrO. The minimum absolute atomic E-state index is 0.103. The van der Waals surface area contributed by atoms with Gasteiger partial charge in [-0.2, -0.15) is 0 Å². The van der Waals surface area contributed by atoms with Gasteiger partial charge in [0.2, 0.25) is 0 Å². The van der Waals surface area contributed by atoms with E-state index in [2.05, 4.69) is 15.9 Å². The fraction of sp³-hybridized carbons (Fsp3) is 1.00. The van der Waals surface area contributed by atoms with Crippen molar-refractivity contribution < 1.29 is 5.11 Å². The summed E-state index contributed by atoms with van der Waals surface area (Å²) in [7, 11) is 0. The molecule has 0 saturated carbocycles. The van der Waals surface area contributed by atoms with Gasteiger partial charge in [-0.1, -0.05) is 67.3 Å². The van der Waals surface area contributed by atoms with E-state index in [-0.39, 0.29) is 6.10 Å². The second-order valence-electron chi connectivity index (χ2n) is 4.51. The third-order valence-electron chi connectivity index (χ3n) is 2.76. The van der Waals surface area contributed by atoms with Gasteiger partial charge >= 0.3 is 0 Å². The Morgan fingerprint density at radius 2 is 1.20 bits per heavy atom. The maximum absolute atomic E-state index is 9.07. The molecular weight excluding hydrogens is 252 g/mol. The number of hydrogen-bond acceptors (Lipinski definition) is 1. The van der Waals surface area contributed by atoms with Gasteiger partial charge in [-0.25, -0.2) is 0 Å². The number of rotatable bonds is 11. The van der Waals surface area contributed by atoms with Crippen LogP contribution in [0.2, 0.25) is 0 Å². The van der Waals surface area contributed by atoms with E-state index < -0.39 is 0 Å². The molecule has 0 aromatic heterocycles. The molecule has 0 fully saturated rings. The minimum Gasteiger partial charge on any atom is -0.393 e. The van der Waals surface area contributed by atoms with Crippen LogP contribution in [-0.4, -0.2) is 16.5 Å². The van der Waals surface area contributed by atoms with Gasteiger partial charge in [-0.05, 0) is 19.8 Å². The van der Waals surface area contributed by atoms with Gasteiger partial charge in [0.25, 0.3) is 0 Å². The van der Waals surface area contributed by atoms with Crippen molar-refractivity contribution in [2.24, 2.45) is 0 Å². The number of aliphatic hydroxyl groups excluding tert-OH is 1. The normalized spacial score (nSPS) is 13.0. The van der Waals surface area contributed by atoms with E-state index in [0.29, 0.717) is 0 Å². The molecule has 0 aliphatic carbocycles. The lowest BCUT2D eigenvalue weighted by Crippen LogP contribution is -1.98. The Morgan fingerprint density at radius 1 is 0.800 bits per heavy atom. The highest BCUT2D eigenvalue weighted by atomic mass is 79.9. The second kappa shape index (κ2) is 12.5. The summed E-state index contributed by atoms with van der Waals surface area (Å²) in [6.07, 6.45) is 13.0. The van der Waals surface area contributed by atoms with Crippen LogP contribution < -0.4 is 0 Å². The van der Waals surface area contributed by atoms with E-state index in [1.165, 1.54) is 57.8 Å². The minimum atomic E-state index is -0.103. The first-order chi connectivity index (χ1) is 7.27. The van der Waals surface area contributed by atoms with E-state index >= 15 is 0 Å². The summed E-state index contributed by atoms with van der Waals surface area (Å²) in [6, 6.07) is 0. The molecule has 92 valence electrons. The van der Waals surface area contributed by atoms with Gasteiger partial charge in [0.15, 0.2) is 0 Å². The molecule has 1 unspecified atom stereocenters. The molecule has 1 nitrogen and oxygen atoms in total. The van der Waals surface area contributed by atoms with E-state index in [9.17, 15) is 0 Å². The summed E-state index contributed by atoms with van der Waals surface area (Å²) in [4.78, 5) is 0. The van der Waals surface area contributed by atoms with Gasteiger partial charge in [0, 0.05) is 5.33 Å². The van der Waals surface area contributed by atoms with Crippen molar-refractivity contribution in [2.45, 2.75) is 77.2 Å². The van der Waals surface area contributed by atoms with Gasteiger partial charge in [0.05, 0.1) is 6.10 Å². The lowest BCUT2D eigenvalue weighted by Gasteiger charge is -2.03. The fourth-order valence-corrected chi connectivity index (χ4v) is 2.17. The van der Waals surface area contributed by atoms with Crippen molar-refractivity contribution in [3.63, 3.8) is 0 Å². The molecule has 0 bridgehead atoms. The Balaban J connectivity index is 2.87. The fourth-order valence-electron chi connectivity index (χ4n) is 1.77. The van der Waals surface area contributed by atoms with Crippen molar-refractivity contribution in [3.8, 4) is 0 Å². The zero-order valence-corrected chi connectivity index (χ0v) is 11.8. The maximum Gasteiger partial charge on any atom is 0.0512 e. The van der Waals surface area contributed by atoms with Crippen molar-refractivity contribution in [1.29, 1.82) is 0 Å². The topological polar surface area (TPSA) is 20.2 Å². The van der Waals surface area contributed by atoms with Crippen LogP contribution in [0.3, 0.4) is 0 Å². The zero-order valence-electron chi connectivity index (χ0n) is 10.2. The van der Waals surface area contributed by atoms with Crippen LogP contribution in [0.5, 0.6) is 0 Å². The highest BCUT2D eigenvalue weighted by Gasteiger charge is 1.95. The molecule has 1 atom stereocenters. The van der Waals surface area contributed by atoms with Crippen molar-refractivity contribution in [3.05, 3.63) is 0 Å². The third-order valence-corrected chi connectivity index (χ3v) is 3.32. The molecule has 2 heteroatoms. The van der Waals surface area contributed by atoms with Gasteiger partial charge < -0.3 is 5.11 Å². The molecule has 0 aromatic carbocycles. The molecule has 15 heavy (non-hydrogen) atoms. The van der Waals surface area contributed by atoms with Crippen LogP contribution in [0, 0.1) is 0 Å². The third kappa shape index (κ3) is 14.4. The molecule has 0 saturated heterocycles. The largest absolute Gasteiger partial charge is 0.393 e. The Bertz CT molecular complexity index is 115. The van der Waals surface area contributed by atoms with Crippen LogP contribution >= 0.6 is 15.9 Å². The van der Waals surface area contributed by atoms with E-state index in [0.717, 1.165) is 11.8 Å². The summed E-state index contributed by atoms with van der Waals surface area (Å²) >= 11 is 3.45. The first-order valence-electron chi connectivity index (χ1n) is 6.51. The molecule has 0 amide bonds. The number of halogens is 1. The molecule has 0 aromatic rings. The lowest BCUT2D eigenvalue weighted by molar-refractivity contribution is 0.180. The number of alkyl halides is 1. The van der Waals surface area contributed by atoms with Crippen LogP contribution in [0.1, 0.15) is 71.1 Å². The molecule has 0 rings (SSSR count). The quantitative estimate of drug-likeness (QED) is 0.430. The molecule has 1 N–H and O–H groups in total. The summed E-state index contributed by atoms with van der Waals surface area (Å²) in [5.41, 5.74) is 0. The first kappa shape index (κ1) is 15.4. The SMILES string of the molecule is CC(O)CCCCCCCCCCCBr. The zero-order chi connectivity index (χ0) is 11.4. The van der Waals surface area contributed by atoms with Crippen LogP contribution in [-0.2, 0) is 0 Å². The molecule has 0 aliphatic heterocycles. The second-order valence-corrected chi connectivity index (χ2v) is 5.30. The van der Waals surface area contributed by atoms with Gasteiger partial charge in [0.1, 0.15) is 0 Å². The number of hydrogen-bond donors (Lipinski definition) is 1. The van der Waals surface area contributed by atoms with Gasteiger partial charge in [-0.3, -0.25) is 0 Å².